The highest BCUT2D eigenvalue weighted by Gasteiger charge is 2.29. The van der Waals surface area contributed by atoms with Crippen LogP contribution in [0.2, 0.25) is 0 Å². The largest absolute Gasteiger partial charge is 0.0654 e. The fourth-order valence-corrected chi connectivity index (χ4v) is 8.17. The summed E-state index contributed by atoms with van der Waals surface area (Å²) < 4.78 is 0. The first kappa shape index (κ1) is 37.9. The second kappa shape index (κ2) is 23.7. The smallest absolute Gasteiger partial charge is 0.00105 e. The van der Waals surface area contributed by atoms with E-state index in [1.54, 1.807) is 27.8 Å². The van der Waals surface area contributed by atoms with E-state index in [0.717, 1.165) is 0 Å². The van der Waals surface area contributed by atoms with Crippen LogP contribution in [0.5, 0.6) is 0 Å². The fraction of sp³-hybridized carbons (Fsp3) is 0.733. The van der Waals surface area contributed by atoms with E-state index in [0.29, 0.717) is 0 Å². The molecule has 1 aliphatic rings. The monoisotopic (exact) mass is 615 g/mol. The number of unbranched alkanes of at least 4 members (excludes halogenated alkanes) is 20. The van der Waals surface area contributed by atoms with Crippen LogP contribution in [0.15, 0.2) is 24.3 Å². The minimum Gasteiger partial charge on any atom is -0.0654 e. The van der Waals surface area contributed by atoms with Gasteiger partial charge in [-0.1, -0.05) is 180 Å². The van der Waals surface area contributed by atoms with E-state index in [4.69, 9.17) is 0 Å². The normalized spacial score (nSPS) is 12.2. The minimum atomic E-state index is 1.18. The quantitative estimate of drug-likeness (QED) is 0.0714. The Bertz CT molecular complexity index is 1040. The molecule has 0 atom stereocenters. The van der Waals surface area contributed by atoms with Crippen LogP contribution in [0, 0.1) is 0 Å². The van der Waals surface area contributed by atoms with Crippen LogP contribution in [0.4, 0.5) is 0 Å². The van der Waals surface area contributed by atoms with Crippen molar-refractivity contribution in [3.8, 4) is 11.1 Å². The highest BCUT2D eigenvalue weighted by molar-refractivity contribution is 5.83. The minimum absolute atomic E-state index is 1.18. The van der Waals surface area contributed by atoms with Crippen molar-refractivity contribution in [3.05, 3.63) is 57.6 Å². The third kappa shape index (κ3) is 12.9. The highest BCUT2D eigenvalue weighted by Crippen LogP contribution is 2.46. The molecule has 0 N–H and O–H groups in total. The number of hydrogen-bond acceptors (Lipinski definition) is 0. The molecule has 2 aromatic carbocycles. The standard InChI is InChI=1S/C45H74/c1-5-9-13-17-21-25-33-40-41(34-26-22-18-14-10-6-2)43(36-28-24-20-16-12-8-4)45-39-32-30-29-31-38(39)37-44(45)42(40)35-27-23-19-15-11-7-3/h29-32H,5-28,33-37H2,1-4H3. The van der Waals surface area contributed by atoms with Crippen molar-refractivity contribution in [1.29, 1.82) is 0 Å². The SMILES string of the molecule is CCCCCCCCc1c(CCCCCCCC)c(CCCCCCCC)c2c(c1CCCCCCCC)Cc1ccccc1-2. The second-order valence-electron chi connectivity index (χ2n) is 14.7. The van der Waals surface area contributed by atoms with Crippen molar-refractivity contribution >= 4 is 0 Å². The van der Waals surface area contributed by atoms with Gasteiger partial charge < -0.3 is 0 Å². The first-order valence-electron chi connectivity index (χ1n) is 20.5. The van der Waals surface area contributed by atoms with E-state index >= 15 is 0 Å². The summed E-state index contributed by atoms with van der Waals surface area (Å²) in [6.07, 6.45) is 40.0. The zero-order valence-corrected chi connectivity index (χ0v) is 30.8. The summed E-state index contributed by atoms with van der Waals surface area (Å²) >= 11 is 0. The molecular weight excluding hydrogens is 540 g/mol. The average molecular weight is 615 g/mol. The van der Waals surface area contributed by atoms with Gasteiger partial charge in [-0.25, -0.2) is 0 Å². The van der Waals surface area contributed by atoms with E-state index in [9.17, 15) is 0 Å². The van der Waals surface area contributed by atoms with Gasteiger partial charge in [-0.2, -0.15) is 0 Å². The molecule has 0 unspecified atom stereocenters. The predicted octanol–water partition coefficient (Wildman–Crippen LogP) is 14.9. The van der Waals surface area contributed by atoms with Crippen molar-refractivity contribution in [2.45, 2.75) is 214 Å². The van der Waals surface area contributed by atoms with Gasteiger partial charge in [0.15, 0.2) is 0 Å². The molecule has 0 heteroatoms. The van der Waals surface area contributed by atoms with Gasteiger partial charge in [0.05, 0.1) is 0 Å². The van der Waals surface area contributed by atoms with Gasteiger partial charge in [0.1, 0.15) is 0 Å². The molecule has 1 aliphatic carbocycles. The molecule has 0 fully saturated rings. The number of hydrogen-bond donors (Lipinski definition) is 0. The van der Waals surface area contributed by atoms with Gasteiger partial charge in [0, 0.05) is 0 Å². The summed E-state index contributed by atoms with van der Waals surface area (Å²) in [5.74, 6) is 0. The van der Waals surface area contributed by atoms with Gasteiger partial charge in [-0.15, -0.1) is 0 Å². The van der Waals surface area contributed by atoms with E-state index in [1.807, 2.05) is 16.7 Å². The molecular formula is C45H74. The topological polar surface area (TPSA) is 0 Å². The Balaban J connectivity index is 1.97. The van der Waals surface area contributed by atoms with Gasteiger partial charge in [0.2, 0.25) is 0 Å². The van der Waals surface area contributed by atoms with Crippen molar-refractivity contribution in [1.82, 2.24) is 0 Å². The molecule has 2 aromatic rings. The van der Waals surface area contributed by atoms with Crippen LogP contribution in [-0.2, 0) is 32.1 Å². The lowest BCUT2D eigenvalue weighted by Gasteiger charge is -2.25. The maximum absolute atomic E-state index is 2.47. The third-order valence-corrected chi connectivity index (χ3v) is 10.8. The molecule has 254 valence electrons. The summed E-state index contributed by atoms with van der Waals surface area (Å²) in [5.41, 5.74) is 14.0. The van der Waals surface area contributed by atoms with E-state index in [1.165, 1.54) is 186 Å². The molecule has 0 spiro atoms. The number of rotatable bonds is 28. The highest BCUT2D eigenvalue weighted by atomic mass is 14.3. The summed E-state index contributed by atoms with van der Waals surface area (Å²) in [4.78, 5) is 0. The Labute approximate surface area is 282 Å². The lowest BCUT2D eigenvalue weighted by Crippen LogP contribution is -2.11. The molecule has 0 radical (unpaired) electrons. The molecule has 0 saturated carbocycles. The number of benzene rings is 2. The molecule has 0 aliphatic heterocycles. The van der Waals surface area contributed by atoms with Crippen LogP contribution in [-0.4, -0.2) is 0 Å². The third-order valence-electron chi connectivity index (χ3n) is 10.8. The lowest BCUT2D eigenvalue weighted by molar-refractivity contribution is 0.588. The van der Waals surface area contributed by atoms with E-state index in [2.05, 4.69) is 52.0 Å². The summed E-state index contributed by atoms with van der Waals surface area (Å²) in [6.45, 7) is 9.37. The van der Waals surface area contributed by atoms with E-state index in [-0.39, 0.29) is 0 Å². The molecule has 0 bridgehead atoms. The van der Waals surface area contributed by atoms with Crippen LogP contribution in [0.3, 0.4) is 0 Å². The zero-order chi connectivity index (χ0) is 32.0. The van der Waals surface area contributed by atoms with Crippen LogP contribution in [0.1, 0.15) is 215 Å². The Kier molecular flexibility index (Phi) is 20.0. The van der Waals surface area contributed by atoms with Crippen molar-refractivity contribution in [3.63, 3.8) is 0 Å². The van der Waals surface area contributed by atoms with Crippen LogP contribution >= 0.6 is 0 Å². The molecule has 0 aromatic heterocycles. The molecule has 0 nitrogen and oxygen atoms in total. The maximum Gasteiger partial charge on any atom is -0.00105 e. The first-order valence-corrected chi connectivity index (χ1v) is 20.5. The molecule has 3 rings (SSSR count). The van der Waals surface area contributed by atoms with Crippen LogP contribution < -0.4 is 0 Å². The van der Waals surface area contributed by atoms with Crippen LogP contribution in [0.25, 0.3) is 11.1 Å². The summed E-state index contributed by atoms with van der Waals surface area (Å²) in [6, 6.07) is 9.52. The Morgan fingerprint density at radius 1 is 0.378 bits per heavy atom. The van der Waals surface area contributed by atoms with Crippen molar-refractivity contribution < 1.29 is 0 Å². The molecule has 0 amide bonds. The zero-order valence-electron chi connectivity index (χ0n) is 30.8. The van der Waals surface area contributed by atoms with Crippen molar-refractivity contribution in [2.24, 2.45) is 0 Å². The maximum atomic E-state index is 2.47. The Hall–Kier alpha value is -1.56. The Morgan fingerprint density at radius 3 is 1.20 bits per heavy atom. The summed E-state index contributed by atoms with van der Waals surface area (Å²) in [7, 11) is 0. The summed E-state index contributed by atoms with van der Waals surface area (Å²) in [5, 5.41) is 0. The molecule has 0 saturated heterocycles. The van der Waals surface area contributed by atoms with Gasteiger partial charge >= 0.3 is 0 Å². The lowest BCUT2D eigenvalue weighted by atomic mass is 9.79. The van der Waals surface area contributed by atoms with Crippen molar-refractivity contribution in [2.75, 3.05) is 0 Å². The molecule has 45 heavy (non-hydrogen) atoms. The fourth-order valence-electron chi connectivity index (χ4n) is 8.17. The first-order chi connectivity index (χ1) is 22.3. The number of fused-ring (bicyclic) bond motifs is 3. The Morgan fingerprint density at radius 2 is 0.733 bits per heavy atom. The predicted molar refractivity (Wildman–Crippen MR) is 203 cm³/mol. The van der Waals surface area contributed by atoms with Gasteiger partial charge in [-0.05, 0) is 102 Å². The second-order valence-corrected chi connectivity index (χ2v) is 14.7. The van der Waals surface area contributed by atoms with Gasteiger partial charge in [-0.3, -0.25) is 0 Å². The average Bonchev–Trinajstić information content (AvgIpc) is 3.44. The molecule has 0 heterocycles. The van der Waals surface area contributed by atoms with Gasteiger partial charge in [0.25, 0.3) is 0 Å². The van der Waals surface area contributed by atoms with E-state index < -0.39 is 0 Å².